The third kappa shape index (κ3) is 5.24. The Morgan fingerprint density at radius 3 is 2.36 bits per heavy atom. The topological polar surface area (TPSA) is 109 Å². The molecule has 1 N–H and O–H groups in total. The zero-order valence-electron chi connectivity index (χ0n) is 21.8. The third-order valence-electron chi connectivity index (χ3n) is 6.62. The zero-order chi connectivity index (χ0) is 27.5. The van der Waals surface area contributed by atoms with Crippen LogP contribution >= 0.6 is 11.3 Å². The van der Waals surface area contributed by atoms with Crippen molar-refractivity contribution in [3.05, 3.63) is 85.4 Å². The van der Waals surface area contributed by atoms with Crippen LogP contribution in [0.1, 0.15) is 47.5 Å². The quantitative estimate of drug-likeness (QED) is 0.330. The van der Waals surface area contributed by atoms with Gasteiger partial charge in [0.05, 0.1) is 29.9 Å². The molecule has 39 heavy (non-hydrogen) atoms. The van der Waals surface area contributed by atoms with Gasteiger partial charge in [0, 0.05) is 10.6 Å². The number of fused-ring (bicyclic) bond motifs is 3. The van der Waals surface area contributed by atoms with Crippen molar-refractivity contribution in [3.63, 3.8) is 0 Å². The van der Waals surface area contributed by atoms with Gasteiger partial charge in [-0.1, -0.05) is 0 Å². The first kappa shape index (κ1) is 26.4. The molecule has 1 aliphatic rings. The highest BCUT2D eigenvalue weighted by Gasteiger charge is 2.25. The average molecular weight is 548 g/mol. The number of benzene rings is 2. The predicted octanol–water partition coefficient (Wildman–Crippen LogP) is 4.31. The maximum absolute atomic E-state index is 13.8. The van der Waals surface area contributed by atoms with Gasteiger partial charge in [0.25, 0.3) is 5.56 Å². The second-order valence-corrected chi connectivity index (χ2v) is 10.3. The SMILES string of the molecule is CCOC(=O)c1ccc(NC(=O)Cn2c(=O)n(-c3ccc(OCC)cc3)c(=O)c3c4c(sc32)CCCC4)cc1. The van der Waals surface area contributed by atoms with Crippen LogP contribution in [0.4, 0.5) is 5.69 Å². The van der Waals surface area contributed by atoms with Gasteiger partial charge in [0.15, 0.2) is 0 Å². The lowest BCUT2D eigenvalue weighted by atomic mass is 9.97. The van der Waals surface area contributed by atoms with Crippen LogP contribution < -0.4 is 21.3 Å². The van der Waals surface area contributed by atoms with Crippen LogP contribution in [0.25, 0.3) is 15.9 Å². The van der Waals surface area contributed by atoms with Gasteiger partial charge in [-0.2, -0.15) is 0 Å². The highest BCUT2D eigenvalue weighted by molar-refractivity contribution is 7.18. The lowest BCUT2D eigenvalue weighted by molar-refractivity contribution is -0.116. The Morgan fingerprint density at radius 2 is 1.67 bits per heavy atom. The molecule has 9 nitrogen and oxygen atoms in total. The highest BCUT2D eigenvalue weighted by atomic mass is 32.1. The molecule has 2 aromatic heterocycles. The van der Waals surface area contributed by atoms with Crippen LogP contribution in [0.5, 0.6) is 5.75 Å². The molecule has 0 bridgehead atoms. The molecular weight excluding hydrogens is 518 g/mol. The number of rotatable bonds is 8. The number of anilines is 1. The molecule has 0 aliphatic heterocycles. The van der Waals surface area contributed by atoms with E-state index in [0.29, 0.717) is 39.5 Å². The van der Waals surface area contributed by atoms with Crippen molar-refractivity contribution < 1.29 is 19.1 Å². The van der Waals surface area contributed by atoms with Crippen molar-refractivity contribution in [2.24, 2.45) is 0 Å². The summed E-state index contributed by atoms with van der Waals surface area (Å²) >= 11 is 1.42. The minimum atomic E-state index is -0.580. The lowest BCUT2D eigenvalue weighted by Crippen LogP contribution is -2.40. The molecule has 202 valence electrons. The van der Waals surface area contributed by atoms with Crippen LogP contribution in [-0.4, -0.2) is 34.2 Å². The van der Waals surface area contributed by atoms with E-state index >= 15 is 0 Å². The maximum atomic E-state index is 13.8. The fraction of sp³-hybridized carbons (Fsp3) is 0.310. The summed E-state index contributed by atoms with van der Waals surface area (Å²) in [5, 5.41) is 3.30. The van der Waals surface area contributed by atoms with E-state index in [1.165, 1.54) is 15.9 Å². The Kier molecular flexibility index (Phi) is 7.65. The van der Waals surface area contributed by atoms with Crippen molar-refractivity contribution in [3.8, 4) is 11.4 Å². The van der Waals surface area contributed by atoms with Gasteiger partial charge in [-0.15, -0.1) is 11.3 Å². The fourth-order valence-electron chi connectivity index (χ4n) is 4.84. The smallest absolute Gasteiger partial charge is 0.338 e. The zero-order valence-corrected chi connectivity index (χ0v) is 22.6. The fourth-order valence-corrected chi connectivity index (χ4v) is 6.21. The van der Waals surface area contributed by atoms with Crippen molar-refractivity contribution in [2.75, 3.05) is 18.5 Å². The predicted molar refractivity (Wildman–Crippen MR) is 151 cm³/mol. The van der Waals surface area contributed by atoms with E-state index in [9.17, 15) is 19.2 Å². The monoisotopic (exact) mass is 547 g/mol. The van der Waals surface area contributed by atoms with Crippen molar-refractivity contribution in [1.29, 1.82) is 0 Å². The molecule has 0 spiro atoms. The average Bonchev–Trinajstić information content (AvgIpc) is 3.33. The minimum Gasteiger partial charge on any atom is -0.494 e. The number of thiophene rings is 1. The first-order chi connectivity index (χ1) is 18.9. The van der Waals surface area contributed by atoms with E-state index in [1.807, 2.05) is 6.92 Å². The van der Waals surface area contributed by atoms with E-state index in [2.05, 4.69) is 5.32 Å². The number of hydrogen-bond acceptors (Lipinski definition) is 7. The van der Waals surface area contributed by atoms with Crippen LogP contribution in [0.15, 0.2) is 58.1 Å². The number of carbonyl (C=O) groups is 2. The standard InChI is InChI=1S/C29H29N3O6S/c1-3-37-21-15-13-20(14-16-21)32-26(34)25-22-7-5-6-8-23(22)39-27(25)31(29(32)36)17-24(33)30-19-11-9-18(10-12-19)28(35)38-4-2/h9-16H,3-8,17H2,1-2H3,(H,30,33). The first-order valence-corrected chi connectivity index (χ1v) is 13.8. The summed E-state index contributed by atoms with van der Waals surface area (Å²) in [4.78, 5) is 54.2. The number of aryl methyl sites for hydroxylation is 2. The number of amides is 1. The summed E-state index contributed by atoms with van der Waals surface area (Å²) in [5.74, 6) is -0.231. The van der Waals surface area contributed by atoms with E-state index < -0.39 is 17.6 Å². The number of ether oxygens (including phenoxy) is 2. The molecule has 10 heteroatoms. The maximum Gasteiger partial charge on any atom is 0.338 e. The molecule has 0 fully saturated rings. The largest absolute Gasteiger partial charge is 0.494 e. The molecule has 2 heterocycles. The normalized spacial score (nSPS) is 12.7. The second kappa shape index (κ2) is 11.3. The number of carbonyl (C=O) groups excluding carboxylic acids is 2. The number of aromatic nitrogens is 2. The molecule has 0 unspecified atom stereocenters. The molecule has 0 radical (unpaired) electrons. The second-order valence-electron chi connectivity index (χ2n) is 9.17. The van der Waals surface area contributed by atoms with E-state index in [4.69, 9.17) is 9.47 Å². The van der Waals surface area contributed by atoms with E-state index in [0.717, 1.165) is 40.7 Å². The number of nitrogens with one attached hydrogen (secondary N) is 1. The summed E-state index contributed by atoms with van der Waals surface area (Å²) in [7, 11) is 0. The Labute approximate surface area is 228 Å². The number of hydrogen-bond donors (Lipinski definition) is 1. The summed E-state index contributed by atoms with van der Waals surface area (Å²) < 4.78 is 13.0. The van der Waals surface area contributed by atoms with Gasteiger partial charge in [0.1, 0.15) is 17.1 Å². The molecule has 0 atom stereocenters. The number of esters is 1. The van der Waals surface area contributed by atoms with Crippen molar-refractivity contribution >= 4 is 39.1 Å². The minimum absolute atomic E-state index is 0.269. The summed E-state index contributed by atoms with van der Waals surface area (Å²) in [6, 6.07) is 13.1. The van der Waals surface area contributed by atoms with Gasteiger partial charge in [0.2, 0.25) is 5.91 Å². The van der Waals surface area contributed by atoms with Gasteiger partial charge in [-0.3, -0.25) is 14.2 Å². The molecule has 0 saturated heterocycles. The summed E-state index contributed by atoms with van der Waals surface area (Å²) in [5.41, 5.74) is 1.29. The molecular formula is C29H29N3O6S. The number of nitrogens with zero attached hydrogens (tertiary/aromatic N) is 2. The molecule has 2 aromatic carbocycles. The third-order valence-corrected chi connectivity index (χ3v) is 7.94. The van der Waals surface area contributed by atoms with Gasteiger partial charge < -0.3 is 14.8 Å². The molecule has 1 amide bonds. The van der Waals surface area contributed by atoms with Crippen LogP contribution in [0.2, 0.25) is 0 Å². The lowest BCUT2D eigenvalue weighted by Gasteiger charge is -2.14. The molecule has 0 saturated carbocycles. The van der Waals surface area contributed by atoms with Crippen LogP contribution in [0, 0.1) is 0 Å². The van der Waals surface area contributed by atoms with Crippen molar-refractivity contribution in [2.45, 2.75) is 46.1 Å². The first-order valence-electron chi connectivity index (χ1n) is 13.0. The van der Waals surface area contributed by atoms with Crippen LogP contribution in [-0.2, 0) is 28.9 Å². The van der Waals surface area contributed by atoms with E-state index in [-0.39, 0.29) is 18.7 Å². The Bertz CT molecular complexity index is 1650. The van der Waals surface area contributed by atoms with Gasteiger partial charge in [-0.25, -0.2) is 14.2 Å². The summed E-state index contributed by atoms with van der Waals surface area (Å²) in [6.45, 7) is 4.11. The molecule has 5 rings (SSSR count). The van der Waals surface area contributed by atoms with Gasteiger partial charge in [-0.05, 0) is 93.6 Å². The van der Waals surface area contributed by atoms with Crippen LogP contribution in [0.3, 0.4) is 0 Å². The Balaban J connectivity index is 1.53. The highest BCUT2D eigenvalue weighted by Crippen LogP contribution is 2.34. The molecule has 1 aliphatic carbocycles. The Hall–Kier alpha value is -4.18. The molecule has 4 aromatic rings. The summed E-state index contributed by atoms with van der Waals surface area (Å²) in [6.07, 6.45) is 3.62. The van der Waals surface area contributed by atoms with E-state index in [1.54, 1.807) is 55.5 Å². The van der Waals surface area contributed by atoms with Crippen molar-refractivity contribution in [1.82, 2.24) is 9.13 Å². The Morgan fingerprint density at radius 1 is 0.949 bits per heavy atom. The van der Waals surface area contributed by atoms with Gasteiger partial charge >= 0.3 is 11.7 Å².